The van der Waals surface area contributed by atoms with E-state index in [1.807, 2.05) is 18.2 Å². The number of methoxy groups -OCH3 is 1. The summed E-state index contributed by atoms with van der Waals surface area (Å²) >= 11 is 0. The highest BCUT2D eigenvalue weighted by Gasteiger charge is 2.05. The maximum absolute atomic E-state index is 10.4. The van der Waals surface area contributed by atoms with Crippen molar-refractivity contribution >= 4 is 5.97 Å². The standard InChI is InChI=1S/C15H23NO4/c1-3-9-20-13-7-6-12(10-14(13)19-2)11-16-8-4-5-15(17)18/h6-7,10,16H,3-5,8-9,11H2,1-2H3,(H,17,18). The number of carbonyl (C=O) groups is 1. The summed E-state index contributed by atoms with van der Waals surface area (Å²) in [5.74, 6) is 0.721. The van der Waals surface area contributed by atoms with Crippen molar-refractivity contribution in [3.63, 3.8) is 0 Å². The molecule has 0 saturated heterocycles. The summed E-state index contributed by atoms with van der Waals surface area (Å²) < 4.78 is 10.9. The summed E-state index contributed by atoms with van der Waals surface area (Å²) in [6, 6.07) is 5.83. The summed E-state index contributed by atoms with van der Waals surface area (Å²) in [7, 11) is 1.62. The third-order valence-electron chi connectivity index (χ3n) is 2.76. The molecule has 0 bridgehead atoms. The fourth-order valence-electron chi connectivity index (χ4n) is 1.75. The van der Waals surface area contributed by atoms with Crippen molar-refractivity contribution in [3.8, 4) is 11.5 Å². The minimum atomic E-state index is -0.758. The van der Waals surface area contributed by atoms with Gasteiger partial charge in [0.05, 0.1) is 13.7 Å². The molecule has 0 heterocycles. The summed E-state index contributed by atoms with van der Waals surface area (Å²) in [6.07, 6.45) is 1.78. The minimum absolute atomic E-state index is 0.195. The smallest absolute Gasteiger partial charge is 0.303 e. The van der Waals surface area contributed by atoms with Crippen LogP contribution in [0.3, 0.4) is 0 Å². The zero-order valence-corrected chi connectivity index (χ0v) is 12.1. The zero-order valence-electron chi connectivity index (χ0n) is 12.1. The molecule has 0 atom stereocenters. The molecule has 2 N–H and O–H groups in total. The molecule has 0 spiro atoms. The molecule has 0 radical (unpaired) electrons. The molecule has 1 aromatic carbocycles. The van der Waals surface area contributed by atoms with Gasteiger partial charge in [0.2, 0.25) is 0 Å². The van der Waals surface area contributed by atoms with E-state index in [0.717, 1.165) is 23.5 Å². The molecule has 5 nitrogen and oxygen atoms in total. The molecule has 0 saturated carbocycles. The van der Waals surface area contributed by atoms with E-state index >= 15 is 0 Å². The van der Waals surface area contributed by atoms with Crippen LogP contribution in [-0.2, 0) is 11.3 Å². The molecule has 1 aromatic rings. The predicted octanol–water partition coefficient (Wildman–Crippen LogP) is 2.44. The van der Waals surface area contributed by atoms with Gasteiger partial charge in [0, 0.05) is 13.0 Å². The van der Waals surface area contributed by atoms with Crippen LogP contribution in [0.5, 0.6) is 11.5 Å². The highest BCUT2D eigenvalue weighted by molar-refractivity contribution is 5.66. The Balaban J connectivity index is 2.44. The monoisotopic (exact) mass is 281 g/mol. The average molecular weight is 281 g/mol. The van der Waals surface area contributed by atoms with Crippen LogP contribution in [0.1, 0.15) is 31.7 Å². The van der Waals surface area contributed by atoms with Crippen LogP contribution in [0.25, 0.3) is 0 Å². The van der Waals surface area contributed by atoms with Crippen molar-refractivity contribution in [2.75, 3.05) is 20.3 Å². The van der Waals surface area contributed by atoms with Gasteiger partial charge in [0.15, 0.2) is 11.5 Å². The number of hydrogen-bond acceptors (Lipinski definition) is 4. The number of nitrogens with one attached hydrogen (secondary N) is 1. The van der Waals surface area contributed by atoms with Crippen LogP contribution in [0.2, 0.25) is 0 Å². The van der Waals surface area contributed by atoms with Gasteiger partial charge >= 0.3 is 5.97 Å². The van der Waals surface area contributed by atoms with Gasteiger partial charge in [-0.25, -0.2) is 0 Å². The van der Waals surface area contributed by atoms with Crippen LogP contribution in [0.4, 0.5) is 0 Å². The van der Waals surface area contributed by atoms with Gasteiger partial charge in [-0.1, -0.05) is 13.0 Å². The fraction of sp³-hybridized carbons (Fsp3) is 0.533. The highest BCUT2D eigenvalue weighted by atomic mass is 16.5. The van der Waals surface area contributed by atoms with E-state index in [1.165, 1.54) is 0 Å². The van der Waals surface area contributed by atoms with Gasteiger partial charge in [0.25, 0.3) is 0 Å². The molecule has 0 amide bonds. The molecule has 0 aliphatic rings. The zero-order chi connectivity index (χ0) is 14.8. The number of carboxylic acid groups (broad SMARTS) is 1. The van der Waals surface area contributed by atoms with E-state index in [2.05, 4.69) is 12.2 Å². The number of benzene rings is 1. The Bertz CT molecular complexity index is 420. The Morgan fingerprint density at radius 1 is 1.35 bits per heavy atom. The number of carboxylic acids is 1. The Kier molecular flexibility index (Phi) is 7.50. The summed E-state index contributed by atoms with van der Waals surface area (Å²) in [5.41, 5.74) is 1.08. The van der Waals surface area contributed by atoms with Crippen molar-refractivity contribution in [2.45, 2.75) is 32.7 Å². The second-order valence-corrected chi connectivity index (χ2v) is 4.51. The van der Waals surface area contributed by atoms with E-state index < -0.39 is 5.97 Å². The molecule has 0 aromatic heterocycles. The first kappa shape index (κ1) is 16.3. The van der Waals surface area contributed by atoms with Crippen molar-refractivity contribution in [1.82, 2.24) is 5.32 Å². The van der Waals surface area contributed by atoms with Gasteiger partial charge in [-0.2, -0.15) is 0 Å². The maximum Gasteiger partial charge on any atom is 0.303 e. The van der Waals surface area contributed by atoms with Crippen LogP contribution in [0.15, 0.2) is 18.2 Å². The Morgan fingerprint density at radius 3 is 2.80 bits per heavy atom. The molecule has 0 aliphatic carbocycles. The highest BCUT2D eigenvalue weighted by Crippen LogP contribution is 2.28. The second-order valence-electron chi connectivity index (χ2n) is 4.51. The van der Waals surface area contributed by atoms with E-state index in [-0.39, 0.29) is 6.42 Å². The quantitative estimate of drug-likeness (QED) is 0.645. The molecule has 5 heteroatoms. The van der Waals surface area contributed by atoms with Gasteiger partial charge in [0.1, 0.15) is 0 Å². The minimum Gasteiger partial charge on any atom is -0.493 e. The lowest BCUT2D eigenvalue weighted by Gasteiger charge is -2.12. The van der Waals surface area contributed by atoms with Crippen LogP contribution < -0.4 is 14.8 Å². The van der Waals surface area contributed by atoms with Crippen LogP contribution in [0, 0.1) is 0 Å². The first-order valence-electron chi connectivity index (χ1n) is 6.89. The van der Waals surface area contributed by atoms with Crippen molar-refractivity contribution in [2.24, 2.45) is 0 Å². The van der Waals surface area contributed by atoms with E-state index in [1.54, 1.807) is 7.11 Å². The first-order chi connectivity index (χ1) is 9.67. The normalized spacial score (nSPS) is 10.3. The lowest BCUT2D eigenvalue weighted by molar-refractivity contribution is -0.137. The lowest BCUT2D eigenvalue weighted by Crippen LogP contribution is -2.15. The summed E-state index contributed by atoms with van der Waals surface area (Å²) in [6.45, 7) is 4.10. The van der Waals surface area contributed by atoms with Crippen LogP contribution >= 0.6 is 0 Å². The number of rotatable bonds is 10. The molecule has 0 aliphatic heterocycles. The van der Waals surface area contributed by atoms with E-state index in [4.69, 9.17) is 14.6 Å². The molecule has 1 rings (SSSR count). The van der Waals surface area contributed by atoms with Gasteiger partial charge in [-0.15, -0.1) is 0 Å². The molecule has 112 valence electrons. The van der Waals surface area contributed by atoms with E-state index in [9.17, 15) is 4.79 Å². The van der Waals surface area contributed by atoms with Gasteiger partial charge in [-0.3, -0.25) is 4.79 Å². The maximum atomic E-state index is 10.4. The topological polar surface area (TPSA) is 67.8 Å². The molecule has 20 heavy (non-hydrogen) atoms. The lowest BCUT2D eigenvalue weighted by atomic mass is 10.2. The van der Waals surface area contributed by atoms with Crippen molar-refractivity contribution in [3.05, 3.63) is 23.8 Å². The number of hydrogen-bond donors (Lipinski definition) is 2. The SMILES string of the molecule is CCCOc1ccc(CNCCCC(=O)O)cc1OC. The largest absolute Gasteiger partial charge is 0.493 e. The van der Waals surface area contributed by atoms with Crippen LogP contribution in [-0.4, -0.2) is 31.3 Å². The second kappa shape index (κ2) is 9.20. The third kappa shape index (κ3) is 5.93. The molecule has 0 unspecified atom stereocenters. The summed E-state index contributed by atoms with van der Waals surface area (Å²) in [5, 5.41) is 11.8. The molecular formula is C15H23NO4. The first-order valence-corrected chi connectivity index (χ1v) is 6.89. The Hall–Kier alpha value is -1.75. The van der Waals surface area contributed by atoms with Crippen molar-refractivity contribution in [1.29, 1.82) is 0 Å². The Labute approximate surface area is 119 Å². The third-order valence-corrected chi connectivity index (χ3v) is 2.76. The van der Waals surface area contributed by atoms with Gasteiger partial charge < -0.3 is 19.9 Å². The molecular weight excluding hydrogens is 258 g/mol. The van der Waals surface area contributed by atoms with Gasteiger partial charge in [-0.05, 0) is 37.1 Å². The summed E-state index contributed by atoms with van der Waals surface area (Å²) in [4.78, 5) is 10.4. The molecule has 0 fully saturated rings. The average Bonchev–Trinajstić information content (AvgIpc) is 2.44. The predicted molar refractivity (Wildman–Crippen MR) is 77.4 cm³/mol. The van der Waals surface area contributed by atoms with Crippen molar-refractivity contribution < 1.29 is 19.4 Å². The number of ether oxygens (including phenoxy) is 2. The fourth-order valence-corrected chi connectivity index (χ4v) is 1.75. The number of aliphatic carboxylic acids is 1. The Morgan fingerprint density at radius 2 is 2.15 bits per heavy atom. The van der Waals surface area contributed by atoms with E-state index in [0.29, 0.717) is 26.1 Å².